The number of fused-ring (bicyclic) bond motifs is 1. The van der Waals surface area contributed by atoms with Gasteiger partial charge in [-0.2, -0.15) is 0 Å². The van der Waals surface area contributed by atoms with Crippen molar-refractivity contribution in [1.82, 2.24) is 9.88 Å². The first-order valence-corrected chi connectivity index (χ1v) is 7.39. The van der Waals surface area contributed by atoms with Crippen LogP contribution >= 0.6 is 11.3 Å². The van der Waals surface area contributed by atoms with Gasteiger partial charge in [-0.3, -0.25) is 9.11 Å². The van der Waals surface area contributed by atoms with E-state index in [4.69, 9.17) is 5.73 Å². The lowest BCUT2D eigenvalue weighted by molar-refractivity contribution is 0.191. The number of hydrogen-bond acceptors (Lipinski definition) is 6. The van der Waals surface area contributed by atoms with Crippen LogP contribution in [0.3, 0.4) is 0 Å². The highest BCUT2D eigenvalue weighted by Crippen LogP contribution is 2.27. The fraction of sp³-hybridized carbons (Fsp3) is 0.700. The standard InChI is InChI=1S/C10H17N3O2S2/c1-10(2,17(14)15)13-5-3-7-8(4-6-13)16-9(11)12-7/h3-6H2,1-2H3,(H2,11,12)(H,14,15)/p-1. The molecule has 5 nitrogen and oxygen atoms in total. The smallest absolute Gasteiger partial charge is 0.180 e. The third-order valence-corrected chi connectivity index (χ3v) is 5.25. The second-order valence-electron chi connectivity index (χ2n) is 4.59. The molecule has 7 heteroatoms. The van der Waals surface area contributed by atoms with Gasteiger partial charge in [0.15, 0.2) is 5.13 Å². The molecule has 0 aromatic carbocycles. The van der Waals surface area contributed by atoms with Crippen LogP contribution in [0.1, 0.15) is 24.4 Å². The predicted octanol–water partition coefficient (Wildman–Crippen LogP) is 0.741. The van der Waals surface area contributed by atoms with Gasteiger partial charge < -0.3 is 10.3 Å². The third kappa shape index (κ3) is 2.52. The van der Waals surface area contributed by atoms with Crippen molar-refractivity contribution < 1.29 is 8.76 Å². The second-order valence-corrected chi connectivity index (χ2v) is 7.17. The molecule has 96 valence electrons. The molecule has 1 unspecified atom stereocenters. The molecule has 0 amide bonds. The lowest BCUT2D eigenvalue weighted by Crippen LogP contribution is -2.48. The minimum absolute atomic E-state index is 0.607. The molecule has 0 saturated carbocycles. The van der Waals surface area contributed by atoms with E-state index in [0.29, 0.717) is 11.7 Å². The van der Waals surface area contributed by atoms with Crippen LogP contribution in [0, 0.1) is 0 Å². The minimum atomic E-state index is -2.10. The molecule has 2 heterocycles. The van der Waals surface area contributed by atoms with E-state index >= 15 is 0 Å². The van der Waals surface area contributed by atoms with Crippen LogP contribution in [0.2, 0.25) is 0 Å². The fourth-order valence-electron chi connectivity index (χ4n) is 2.03. The van der Waals surface area contributed by atoms with Crippen molar-refractivity contribution in [2.75, 3.05) is 18.8 Å². The van der Waals surface area contributed by atoms with Crippen molar-refractivity contribution in [1.29, 1.82) is 0 Å². The summed E-state index contributed by atoms with van der Waals surface area (Å²) in [7, 11) is 0. The van der Waals surface area contributed by atoms with E-state index in [9.17, 15) is 8.76 Å². The highest BCUT2D eigenvalue weighted by Gasteiger charge is 2.30. The van der Waals surface area contributed by atoms with E-state index in [-0.39, 0.29) is 0 Å². The molecule has 0 spiro atoms. The van der Waals surface area contributed by atoms with E-state index in [0.717, 1.165) is 25.1 Å². The Morgan fingerprint density at radius 2 is 2.12 bits per heavy atom. The van der Waals surface area contributed by atoms with Crippen molar-refractivity contribution >= 4 is 27.5 Å². The van der Waals surface area contributed by atoms with Gasteiger partial charge in [0.25, 0.3) is 0 Å². The summed E-state index contributed by atoms with van der Waals surface area (Å²) in [6, 6.07) is 0. The Morgan fingerprint density at radius 3 is 2.76 bits per heavy atom. The van der Waals surface area contributed by atoms with E-state index in [2.05, 4.69) is 4.98 Å². The van der Waals surface area contributed by atoms with Gasteiger partial charge in [-0.05, 0) is 31.3 Å². The molecule has 2 N–H and O–H groups in total. The second kappa shape index (κ2) is 4.64. The zero-order valence-corrected chi connectivity index (χ0v) is 11.6. The van der Waals surface area contributed by atoms with Crippen LogP contribution in [-0.4, -0.2) is 36.6 Å². The molecule has 1 aromatic rings. The summed E-state index contributed by atoms with van der Waals surface area (Å²) in [5.41, 5.74) is 6.70. The number of nitrogen functional groups attached to an aromatic ring is 1. The molecule has 1 aliphatic rings. The summed E-state index contributed by atoms with van der Waals surface area (Å²) in [4.78, 5) is 6.65. The van der Waals surface area contributed by atoms with Gasteiger partial charge in [0.2, 0.25) is 0 Å². The number of hydrogen-bond donors (Lipinski definition) is 1. The molecule has 1 aliphatic heterocycles. The number of aromatic nitrogens is 1. The van der Waals surface area contributed by atoms with Crippen LogP contribution in [0.25, 0.3) is 0 Å². The summed E-state index contributed by atoms with van der Waals surface area (Å²) in [6.07, 6.45) is 1.59. The lowest BCUT2D eigenvalue weighted by atomic mass is 10.2. The number of rotatable bonds is 2. The van der Waals surface area contributed by atoms with Crippen molar-refractivity contribution in [3.05, 3.63) is 10.6 Å². The van der Waals surface area contributed by atoms with Crippen molar-refractivity contribution in [2.24, 2.45) is 0 Å². The monoisotopic (exact) mass is 274 g/mol. The van der Waals surface area contributed by atoms with E-state index in [1.54, 1.807) is 13.8 Å². The Bertz CT molecular complexity index is 419. The number of anilines is 1. The molecular weight excluding hydrogens is 258 g/mol. The molecule has 0 fully saturated rings. The Kier molecular flexibility index (Phi) is 3.53. The topological polar surface area (TPSA) is 82.3 Å². The van der Waals surface area contributed by atoms with Crippen molar-refractivity contribution in [3.63, 3.8) is 0 Å². The zero-order valence-electron chi connectivity index (χ0n) is 9.93. The SMILES string of the molecule is CC(C)(N1CCc2nc(N)sc2CC1)S(=O)[O-]. The maximum atomic E-state index is 11.2. The first kappa shape index (κ1) is 12.9. The molecule has 0 radical (unpaired) electrons. The van der Waals surface area contributed by atoms with Crippen molar-refractivity contribution in [3.8, 4) is 0 Å². The molecule has 0 saturated heterocycles. The van der Waals surface area contributed by atoms with E-state index < -0.39 is 16.0 Å². The van der Waals surface area contributed by atoms with Crippen molar-refractivity contribution in [2.45, 2.75) is 31.6 Å². The average molecular weight is 274 g/mol. The molecule has 0 bridgehead atoms. The first-order valence-electron chi connectivity index (χ1n) is 5.49. The Morgan fingerprint density at radius 1 is 1.47 bits per heavy atom. The Hall–Kier alpha value is -0.500. The first-order chi connectivity index (χ1) is 7.91. The van der Waals surface area contributed by atoms with Crippen LogP contribution in [0.4, 0.5) is 5.13 Å². The van der Waals surface area contributed by atoms with E-state index in [1.165, 1.54) is 16.2 Å². The van der Waals surface area contributed by atoms with Crippen LogP contribution < -0.4 is 5.73 Å². The lowest BCUT2D eigenvalue weighted by Gasteiger charge is -2.39. The van der Waals surface area contributed by atoms with Gasteiger partial charge in [-0.15, -0.1) is 11.3 Å². The van der Waals surface area contributed by atoms with Gasteiger partial charge in [0.05, 0.1) is 10.6 Å². The summed E-state index contributed by atoms with van der Waals surface area (Å²) in [5.74, 6) is 0. The highest BCUT2D eigenvalue weighted by atomic mass is 32.2. The number of nitrogens with zero attached hydrogens (tertiary/aromatic N) is 2. The van der Waals surface area contributed by atoms with Gasteiger partial charge in [-0.25, -0.2) is 4.98 Å². The molecule has 17 heavy (non-hydrogen) atoms. The molecule has 2 rings (SSSR count). The molecule has 0 aliphatic carbocycles. The highest BCUT2D eigenvalue weighted by molar-refractivity contribution is 7.80. The Labute approximate surface area is 107 Å². The van der Waals surface area contributed by atoms with Gasteiger partial charge in [0.1, 0.15) is 0 Å². The molecular formula is C10H16N3O2S2-. The summed E-state index contributed by atoms with van der Waals surface area (Å²) in [5, 5.41) is 0.607. The maximum absolute atomic E-state index is 11.2. The van der Waals surface area contributed by atoms with Gasteiger partial charge in [0, 0.05) is 24.4 Å². The minimum Gasteiger partial charge on any atom is -0.771 e. The third-order valence-electron chi connectivity index (χ3n) is 3.19. The van der Waals surface area contributed by atoms with Crippen LogP contribution in [0.5, 0.6) is 0 Å². The quantitative estimate of drug-likeness (QED) is 0.804. The molecule has 1 atom stereocenters. The maximum Gasteiger partial charge on any atom is 0.180 e. The predicted molar refractivity (Wildman–Crippen MR) is 68.5 cm³/mol. The Balaban J connectivity index is 2.15. The zero-order chi connectivity index (χ0) is 12.6. The summed E-state index contributed by atoms with van der Waals surface area (Å²) < 4.78 is 22.4. The van der Waals surface area contributed by atoms with Crippen LogP contribution in [-0.2, 0) is 23.9 Å². The fourth-order valence-corrected chi connectivity index (χ4v) is 3.29. The number of nitrogens with two attached hydrogens (primary N) is 1. The normalized spacial score (nSPS) is 19.7. The number of thiazole rings is 1. The van der Waals surface area contributed by atoms with Crippen LogP contribution in [0.15, 0.2) is 0 Å². The van der Waals surface area contributed by atoms with E-state index in [1.807, 2.05) is 4.90 Å². The largest absolute Gasteiger partial charge is 0.771 e. The van der Waals surface area contributed by atoms with Gasteiger partial charge >= 0.3 is 0 Å². The van der Waals surface area contributed by atoms with Gasteiger partial charge in [-0.1, -0.05) is 0 Å². The summed E-state index contributed by atoms with van der Waals surface area (Å²) >= 11 is -0.594. The molecule has 1 aromatic heterocycles. The summed E-state index contributed by atoms with van der Waals surface area (Å²) in [6.45, 7) is 4.90. The average Bonchev–Trinajstić information content (AvgIpc) is 2.47.